The summed E-state index contributed by atoms with van der Waals surface area (Å²) in [4.78, 5) is 58.5. The van der Waals surface area contributed by atoms with Crippen molar-refractivity contribution in [3.05, 3.63) is 41.6 Å². The normalized spacial score (nSPS) is 18.8. The van der Waals surface area contributed by atoms with Gasteiger partial charge in [-0.15, -0.1) is 18.2 Å². The van der Waals surface area contributed by atoms with Gasteiger partial charge in [-0.1, -0.05) is 11.1 Å². The van der Waals surface area contributed by atoms with Crippen molar-refractivity contribution < 1.29 is 33.7 Å². The quantitative estimate of drug-likeness (QED) is 0.0546. The number of carboxylic acid groups (broad SMARTS) is 1. The van der Waals surface area contributed by atoms with Gasteiger partial charge in [0.15, 0.2) is 30.7 Å². The molecule has 0 spiro atoms. The molecule has 0 bridgehead atoms. The molecule has 16 heteroatoms. The molecule has 0 saturated carbocycles. The third kappa shape index (κ3) is 5.37. The highest BCUT2D eigenvalue weighted by Crippen LogP contribution is 2.40. The van der Waals surface area contributed by atoms with Crippen LogP contribution >= 0.6 is 23.3 Å². The van der Waals surface area contributed by atoms with E-state index in [0.29, 0.717) is 17.7 Å². The summed E-state index contributed by atoms with van der Waals surface area (Å²) < 4.78 is 5.60. The molecule has 3 amide bonds. The number of hydrogen-bond acceptors (Lipinski definition) is 12. The Balaban J connectivity index is 1.53. The van der Waals surface area contributed by atoms with Gasteiger partial charge in [0.05, 0.1) is 11.7 Å². The molecule has 4 N–H and O–H groups in total. The number of thioether (sulfide) groups is 1. The van der Waals surface area contributed by atoms with E-state index in [9.17, 15) is 24.3 Å². The molecule has 1 fully saturated rings. The van der Waals surface area contributed by atoms with E-state index in [-0.39, 0.29) is 41.3 Å². The van der Waals surface area contributed by atoms with Crippen molar-refractivity contribution >= 4 is 64.0 Å². The highest BCUT2D eigenvalue weighted by molar-refractivity contribution is 8.00. The number of oxime groups is 1. The van der Waals surface area contributed by atoms with E-state index in [1.165, 1.54) is 11.8 Å². The molecule has 4 rings (SSSR count). The lowest BCUT2D eigenvalue weighted by Crippen LogP contribution is -2.71. The van der Waals surface area contributed by atoms with E-state index in [0.717, 1.165) is 16.4 Å². The highest BCUT2D eigenvalue weighted by atomic mass is 32.2. The third-order valence-electron chi connectivity index (χ3n) is 5.16. The first-order valence-corrected chi connectivity index (χ1v) is 12.3. The predicted molar refractivity (Wildman–Crippen MR) is 129 cm³/mol. The van der Waals surface area contributed by atoms with Crippen LogP contribution in [0.25, 0.3) is 0 Å². The molecule has 0 radical (unpaired) electrons. The first-order chi connectivity index (χ1) is 17.8. The van der Waals surface area contributed by atoms with Gasteiger partial charge in [0.2, 0.25) is 17.9 Å². The number of fused-ring (bicyclic) bond motifs is 1. The number of anilines is 2. The molecule has 2 atom stereocenters. The van der Waals surface area contributed by atoms with Crippen LogP contribution in [0, 0.1) is 12.3 Å². The van der Waals surface area contributed by atoms with Crippen molar-refractivity contribution in [3.8, 4) is 12.3 Å². The molecule has 1 unspecified atom stereocenters. The number of pyridine rings is 1. The molecule has 37 heavy (non-hydrogen) atoms. The van der Waals surface area contributed by atoms with Crippen LogP contribution in [0.3, 0.4) is 0 Å². The summed E-state index contributed by atoms with van der Waals surface area (Å²) >= 11 is 2.11. The molecule has 14 nitrogen and oxygen atoms in total. The summed E-state index contributed by atoms with van der Waals surface area (Å²) in [6.07, 6.45) is 8.97. The van der Waals surface area contributed by atoms with E-state index in [1.807, 2.05) is 0 Å². The predicted octanol–water partition coefficient (Wildman–Crippen LogP) is -2.57. The van der Waals surface area contributed by atoms with Gasteiger partial charge < -0.3 is 31.1 Å². The summed E-state index contributed by atoms with van der Waals surface area (Å²) in [5.41, 5.74) is 5.93. The average molecular weight is 543 g/mol. The van der Waals surface area contributed by atoms with Gasteiger partial charge in [-0.2, -0.15) is 13.9 Å². The van der Waals surface area contributed by atoms with Crippen LogP contribution in [0.15, 0.2) is 41.0 Å². The second-order valence-corrected chi connectivity index (χ2v) is 9.39. The molecule has 2 aromatic heterocycles. The molecule has 2 aliphatic rings. The zero-order valence-corrected chi connectivity index (χ0v) is 20.5. The van der Waals surface area contributed by atoms with Crippen LogP contribution in [0.2, 0.25) is 0 Å². The fraction of sp³-hybridized carbons (Fsp3) is 0.238. The molecule has 1 saturated heterocycles. The number of aliphatic carboxylic acids is 1. The number of aromatic nitrogens is 3. The Morgan fingerprint density at radius 2 is 2.30 bits per heavy atom. The number of nitrogen functional groups attached to an aromatic ring is 1. The Bertz CT molecular complexity index is 1370. The summed E-state index contributed by atoms with van der Waals surface area (Å²) in [5.74, 6) is -0.654. The first kappa shape index (κ1) is 25.6. The number of terminal acetylenes is 1. The van der Waals surface area contributed by atoms with Crippen molar-refractivity contribution in [3.63, 3.8) is 0 Å². The van der Waals surface area contributed by atoms with Gasteiger partial charge >= 0.3 is 0 Å². The van der Waals surface area contributed by atoms with Crippen LogP contribution in [0.5, 0.6) is 0 Å². The Labute approximate surface area is 217 Å². The lowest BCUT2D eigenvalue weighted by Gasteiger charge is -2.50. The van der Waals surface area contributed by atoms with Crippen molar-refractivity contribution in [1.29, 1.82) is 0 Å². The van der Waals surface area contributed by atoms with Gasteiger partial charge in [-0.25, -0.2) is 0 Å². The molecular formula is C21H18N8O6S2. The minimum atomic E-state index is -1.52. The maximum absolute atomic E-state index is 13.0. The standard InChI is InChI=1S/C21H18N8O6S2/c1-2-6-35-26-13(16-25-21(22)37-27-16)17(31)24-14-18(32)29-15(20(33)34)11(9-36-19(14)29)7-28-5-3-4-12(8-28)23-10-30/h1,3-5,8,10,14,19H,6-7,9H2,(H4-,22,23,24,25,27,30,31,33,34)/t14?,19-/m1/s1. The zero-order valence-electron chi connectivity index (χ0n) is 18.8. The fourth-order valence-corrected chi connectivity index (χ4v) is 5.42. The number of carboxylic acids is 1. The van der Waals surface area contributed by atoms with Gasteiger partial charge in [0.1, 0.15) is 17.1 Å². The van der Waals surface area contributed by atoms with E-state index < -0.39 is 29.2 Å². The Hall–Kier alpha value is -4.49. The monoisotopic (exact) mass is 542 g/mol. The number of carbonyl (C=O) groups is 4. The minimum absolute atomic E-state index is 0.0859. The average Bonchev–Trinajstić information content (AvgIpc) is 3.30. The summed E-state index contributed by atoms with van der Waals surface area (Å²) in [6, 6.07) is 2.30. The molecule has 4 heterocycles. The van der Waals surface area contributed by atoms with Crippen LogP contribution < -0.4 is 26.0 Å². The summed E-state index contributed by atoms with van der Waals surface area (Å²) in [7, 11) is 0. The number of nitrogens with zero attached hydrogens (tertiary/aromatic N) is 5. The second kappa shape index (κ2) is 11.1. The number of carbonyl (C=O) groups excluding carboxylic acids is 4. The van der Waals surface area contributed by atoms with E-state index >= 15 is 0 Å². The number of nitrogens with two attached hydrogens (primary N) is 1. The molecule has 0 aromatic carbocycles. The molecular weight excluding hydrogens is 524 g/mol. The van der Waals surface area contributed by atoms with Crippen LogP contribution in [0.4, 0.5) is 10.8 Å². The van der Waals surface area contributed by atoms with Crippen molar-refractivity contribution in [1.82, 2.24) is 19.6 Å². The number of nitrogens with one attached hydrogen (secondary N) is 2. The Morgan fingerprint density at radius 3 is 2.97 bits per heavy atom. The highest BCUT2D eigenvalue weighted by Gasteiger charge is 2.53. The number of β-lactam (4-membered cyclic amide) rings is 1. The zero-order chi connectivity index (χ0) is 26.5. The van der Waals surface area contributed by atoms with E-state index in [2.05, 4.69) is 31.1 Å². The number of hydrogen-bond donors (Lipinski definition) is 3. The minimum Gasteiger partial charge on any atom is -0.543 e. The van der Waals surface area contributed by atoms with Gasteiger partial charge in [0, 0.05) is 28.9 Å². The van der Waals surface area contributed by atoms with Gasteiger partial charge in [0.25, 0.3) is 11.8 Å². The van der Waals surface area contributed by atoms with E-state index in [4.69, 9.17) is 17.0 Å². The molecule has 190 valence electrons. The number of rotatable bonds is 10. The van der Waals surface area contributed by atoms with Crippen LogP contribution in [0.1, 0.15) is 5.82 Å². The SMILES string of the molecule is C#CCON=C(C(=O)NC1C(=O)N2C(C(=O)[O-])=C(C[n+]3cccc(NC=O)c3)CS[C@H]12)c1nsc(N)n1. The van der Waals surface area contributed by atoms with Crippen LogP contribution in [-0.4, -0.2) is 67.9 Å². The maximum Gasteiger partial charge on any atom is 0.278 e. The molecule has 0 aliphatic carbocycles. The maximum atomic E-state index is 13.0. The molecule has 2 aromatic rings. The van der Waals surface area contributed by atoms with Crippen molar-refractivity contribution in [2.75, 3.05) is 23.4 Å². The van der Waals surface area contributed by atoms with Gasteiger partial charge in [-0.05, 0) is 6.07 Å². The van der Waals surface area contributed by atoms with Gasteiger partial charge in [-0.3, -0.25) is 19.3 Å². The summed E-state index contributed by atoms with van der Waals surface area (Å²) in [5, 5.41) is 20.1. The van der Waals surface area contributed by atoms with E-state index in [1.54, 1.807) is 29.1 Å². The Morgan fingerprint density at radius 1 is 1.49 bits per heavy atom. The number of amides is 3. The first-order valence-electron chi connectivity index (χ1n) is 10.4. The van der Waals surface area contributed by atoms with Crippen LogP contribution in [-0.2, 0) is 30.6 Å². The molecule has 2 aliphatic heterocycles. The lowest BCUT2D eigenvalue weighted by molar-refractivity contribution is -0.688. The lowest BCUT2D eigenvalue weighted by atomic mass is 10.0. The largest absolute Gasteiger partial charge is 0.543 e. The smallest absolute Gasteiger partial charge is 0.278 e. The topological polar surface area (TPSA) is 196 Å². The second-order valence-electron chi connectivity index (χ2n) is 7.50. The van der Waals surface area contributed by atoms with Crippen molar-refractivity contribution in [2.24, 2.45) is 5.16 Å². The summed E-state index contributed by atoms with van der Waals surface area (Å²) in [6.45, 7) is -0.0852. The van der Waals surface area contributed by atoms with Crippen molar-refractivity contribution in [2.45, 2.75) is 18.0 Å². The fourth-order valence-electron chi connectivity index (χ4n) is 3.65. The third-order valence-corrected chi connectivity index (χ3v) is 7.04. The Kier molecular flexibility index (Phi) is 7.65.